The van der Waals surface area contributed by atoms with E-state index >= 15 is 0 Å². The molecule has 46 heavy (non-hydrogen) atoms. The van der Waals surface area contributed by atoms with Crippen molar-refractivity contribution in [1.29, 1.82) is 0 Å². The first-order valence-electron chi connectivity index (χ1n) is 12.5. The molecule has 0 amide bonds. The Kier molecular flexibility index (Phi) is 11.0. The van der Waals surface area contributed by atoms with Crippen molar-refractivity contribution >= 4 is 62.7 Å². The molecule has 16 heteroatoms. The minimum Gasteiger partial charge on any atom is -0.744 e. The molecule has 0 aliphatic heterocycles. The van der Waals surface area contributed by atoms with Gasteiger partial charge < -0.3 is 29.0 Å². The number of phenolic OH excluding ortho intramolecular Hbond substituents is 3. The van der Waals surface area contributed by atoms with E-state index in [1.165, 1.54) is 36.4 Å². The summed E-state index contributed by atoms with van der Waals surface area (Å²) in [5.74, 6) is -1.53. The monoisotopic (exact) mass is 725 g/mol. The number of aromatic hydroxyl groups is 3. The van der Waals surface area contributed by atoms with Crippen LogP contribution in [0.15, 0.2) is 124 Å². The van der Waals surface area contributed by atoms with Crippen LogP contribution in [0.2, 0.25) is 0 Å². The molecule has 0 fully saturated rings. The number of fused-ring (bicyclic) bond motifs is 3. The van der Waals surface area contributed by atoms with Gasteiger partial charge in [0, 0.05) is 16.2 Å². The molecule has 0 heterocycles. The van der Waals surface area contributed by atoms with E-state index in [0.717, 1.165) is 0 Å². The summed E-state index contributed by atoms with van der Waals surface area (Å²) in [5, 5.41) is 30.6. The molecule has 0 saturated heterocycles. The molecule has 0 saturated carbocycles. The second kappa shape index (κ2) is 14.0. The average molecular weight is 726 g/mol. The molecule has 0 aliphatic carbocycles. The molecule has 0 spiro atoms. The first-order chi connectivity index (χ1) is 21.0. The van der Waals surface area contributed by atoms with E-state index in [0.29, 0.717) is 16.2 Å². The minimum atomic E-state index is -4.66. The molecular formula is C30H21FeO12S3. The van der Waals surface area contributed by atoms with Crippen LogP contribution in [-0.4, -0.2) is 54.2 Å². The molecule has 0 aliphatic rings. The summed E-state index contributed by atoms with van der Waals surface area (Å²) >= 11 is 0. The third kappa shape index (κ3) is 8.12. The largest absolute Gasteiger partial charge is 3.00 e. The van der Waals surface area contributed by atoms with Crippen molar-refractivity contribution in [2.45, 2.75) is 14.7 Å². The van der Waals surface area contributed by atoms with E-state index in [-0.39, 0.29) is 33.2 Å². The Morgan fingerprint density at radius 1 is 0.370 bits per heavy atom. The van der Waals surface area contributed by atoms with Gasteiger partial charge in [-0.3, -0.25) is 0 Å². The average Bonchev–Trinajstić information content (AvgIpc) is 2.95. The maximum absolute atomic E-state index is 11.0. The van der Waals surface area contributed by atoms with E-state index in [9.17, 15) is 54.2 Å². The number of rotatable bonds is 3. The van der Waals surface area contributed by atoms with Gasteiger partial charge in [0.1, 0.15) is 62.3 Å². The van der Waals surface area contributed by atoms with Crippen LogP contribution in [0.4, 0.5) is 0 Å². The topological polar surface area (TPSA) is 232 Å². The maximum Gasteiger partial charge on any atom is 3.00 e. The van der Waals surface area contributed by atoms with Gasteiger partial charge in [0.25, 0.3) is 0 Å². The van der Waals surface area contributed by atoms with E-state index in [4.69, 9.17) is 0 Å². The number of hydrogen-bond acceptors (Lipinski definition) is 12. The van der Waals surface area contributed by atoms with Crippen molar-refractivity contribution < 1.29 is 71.3 Å². The Morgan fingerprint density at radius 3 is 0.804 bits per heavy atom. The fourth-order valence-electron chi connectivity index (χ4n) is 4.48. The zero-order chi connectivity index (χ0) is 33.2. The summed E-state index contributed by atoms with van der Waals surface area (Å²) < 4.78 is 98.6. The van der Waals surface area contributed by atoms with Crippen LogP contribution >= 0.6 is 0 Å². The number of hydrogen-bond donors (Lipinski definition) is 3. The van der Waals surface area contributed by atoms with Crippen molar-refractivity contribution in [2.24, 2.45) is 0 Å². The van der Waals surface area contributed by atoms with Gasteiger partial charge in [-0.25, -0.2) is 25.3 Å². The molecule has 1 radical (unpaired) electrons. The molecule has 6 aromatic rings. The predicted octanol–water partition coefficient (Wildman–Crippen LogP) is 4.35. The van der Waals surface area contributed by atoms with Crippen LogP contribution in [0.3, 0.4) is 0 Å². The number of phenols is 3. The van der Waals surface area contributed by atoms with Crippen LogP contribution in [-0.2, 0) is 47.4 Å². The SMILES string of the molecule is O=S(=O)([O-])c1c(O)ccc2ccccc12.O=S(=O)([O-])c1c(O)ccc2ccccc12.O=S(=O)([O-])c1c(O)ccc2ccccc12.[Fe+3]. The van der Waals surface area contributed by atoms with Gasteiger partial charge >= 0.3 is 17.1 Å². The first-order valence-corrected chi connectivity index (χ1v) is 16.7. The van der Waals surface area contributed by atoms with Crippen molar-refractivity contribution in [1.82, 2.24) is 0 Å². The second-order valence-corrected chi connectivity index (χ2v) is 13.2. The van der Waals surface area contributed by atoms with Crippen LogP contribution in [0.25, 0.3) is 32.3 Å². The Balaban J connectivity index is 0.000000186. The Hall–Kier alpha value is -4.25. The summed E-state index contributed by atoms with van der Waals surface area (Å²) in [7, 11) is -14.0. The molecular weight excluding hydrogens is 704 g/mol. The smallest absolute Gasteiger partial charge is 0.744 e. The fourth-order valence-corrected chi connectivity index (χ4v) is 6.82. The predicted molar refractivity (Wildman–Crippen MR) is 161 cm³/mol. The minimum absolute atomic E-state index is 0. The van der Waals surface area contributed by atoms with Crippen LogP contribution in [0, 0.1) is 0 Å². The van der Waals surface area contributed by atoms with E-state index in [1.54, 1.807) is 72.8 Å². The summed E-state index contributed by atoms with van der Waals surface area (Å²) in [6.45, 7) is 0. The Bertz CT molecular complexity index is 2130. The van der Waals surface area contributed by atoms with Crippen molar-refractivity contribution in [3.05, 3.63) is 109 Å². The molecule has 0 aromatic heterocycles. The van der Waals surface area contributed by atoms with E-state index in [2.05, 4.69) is 0 Å². The summed E-state index contributed by atoms with van der Waals surface area (Å²) in [6.07, 6.45) is 0. The first kappa shape index (κ1) is 36.2. The molecule has 3 N–H and O–H groups in total. The van der Waals surface area contributed by atoms with E-state index < -0.39 is 62.3 Å². The van der Waals surface area contributed by atoms with Crippen LogP contribution in [0.1, 0.15) is 0 Å². The molecule has 6 rings (SSSR count). The molecule has 12 nitrogen and oxygen atoms in total. The van der Waals surface area contributed by atoms with Gasteiger partial charge in [0.2, 0.25) is 0 Å². The van der Waals surface area contributed by atoms with Crippen molar-refractivity contribution in [2.75, 3.05) is 0 Å². The van der Waals surface area contributed by atoms with Crippen molar-refractivity contribution in [3.8, 4) is 17.2 Å². The quantitative estimate of drug-likeness (QED) is 0.171. The van der Waals surface area contributed by atoms with Crippen LogP contribution in [0.5, 0.6) is 17.2 Å². The van der Waals surface area contributed by atoms with Gasteiger partial charge in [-0.1, -0.05) is 91.0 Å². The third-order valence-electron chi connectivity index (χ3n) is 6.33. The fraction of sp³-hybridized carbons (Fsp3) is 0. The normalized spacial score (nSPS) is 11.5. The van der Waals surface area contributed by atoms with E-state index in [1.807, 2.05) is 0 Å². The molecule has 6 aromatic carbocycles. The maximum atomic E-state index is 11.0. The molecule has 0 unspecified atom stereocenters. The zero-order valence-electron chi connectivity index (χ0n) is 23.0. The summed E-state index contributed by atoms with van der Waals surface area (Å²) in [4.78, 5) is -1.67. The van der Waals surface area contributed by atoms with Gasteiger partial charge in [-0.05, 0) is 34.4 Å². The summed E-state index contributed by atoms with van der Waals surface area (Å²) in [5.41, 5.74) is 0. The zero-order valence-corrected chi connectivity index (χ0v) is 26.5. The molecule has 0 bridgehead atoms. The summed E-state index contributed by atoms with van der Waals surface area (Å²) in [6, 6.07) is 27.7. The third-order valence-corrected chi connectivity index (χ3v) is 9.11. The van der Waals surface area contributed by atoms with Crippen LogP contribution < -0.4 is 0 Å². The molecule has 239 valence electrons. The van der Waals surface area contributed by atoms with Gasteiger partial charge in [-0.15, -0.1) is 0 Å². The second-order valence-electron chi connectivity index (χ2n) is 9.27. The van der Waals surface area contributed by atoms with Gasteiger partial charge in [-0.2, -0.15) is 0 Å². The number of benzene rings is 6. The van der Waals surface area contributed by atoms with Gasteiger partial charge in [0.15, 0.2) is 0 Å². The van der Waals surface area contributed by atoms with Crippen molar-refractivity contribution in [3.63, 3.8) is 0 Å². The standard InChI is InChI=1S/3C10H8O4S.Fe/c3*11-9-6-5-7-3-1-2-4-8(7)10(9)15(12,13)14;/h3*1-6,11H,(H,12,13,14);/q;;;+3/p-3. The van der Waals surface area contributed by atoms with Gasteiger partial charge in [0.05, 0.1) is 0 Å². The Labute approximate surface area is 273 Å². The molecule has 0 atom stereocenters. The Morgan fingerprint density at radius 2 is 0.587 bits per heavy atom.